The highest BCUT2D eigenvalue weighted by molar-refractivity contribution is 6.14. The lowest BCUT2D eigenvalue weighted by molar-refractivity contribution is -0.123. The molecule has 1 aliphatic rings. The summed E-state index contributed by atoms with van der Waals surface area (Å²) in [5.41, 5.74) is 3.01. The number of furan rings is 1. The average molecular weight is 419 g/mol. The Kier molecular flexibility index (Phi) is 5.21. The summed E-state index contributed by atoms with van der Waals surface area (Å²) in [6.45, 7) is 6.31. The number of hydrogen-bond acceptors (Lipinski definition) is 5. The summed E-state index contributed by atoms with van der Waals surface area (Å²) < 4.78 is 12.1. The van der Waals surface area contributed by atoms with Crippen LogP contribution in [0, 0.1) is 6.92 Å². The van der Waals surface area contributed by atoms with E-state index < -0.39 is 17.9 Å². The van der Waals surface area contributed by atoms with Gasteiger partial charge in [0.1, 0.15) is 11.5 Å². The number of imide groups is 1. The molecule has 3 amide bonds. The van der Waals surface area contributed by atoms with E-state index in [4.69, 9.17) is 4.42 Å². The van der Waals surface area contributed by atoms with Crippen molar-refractivity contribution in [3.8, 4) is 0 Å². The van der Waals surface area contributed by atoms with E-state index in [1.54, 1.807) is 6.08 Å². The van der Waals surface area contributed by atoms with Crippen LogP contribution >= 0.6 is 0 Å². The first-order valence-electron chi connectivity index (χ1n) is 9.65. The molecule has 3 aromatic rings. The highest BCUT2D eigenvalue weighted by Crippen LogP contribution is 2.29. The fraction of sp³-hybridized carbons (Fsp3) is 0.174. The summed E-state index contributed by atoms with van der Waals surface area (Å²) in [6, 6.07) is 10.3. The molecule has 158 valence electrons. The number of esters is 1. The van der Waals surface area contributed by atoms with Crippen LogP contribution in [0.2, 0.25) is 0 Å². The monoisotopic (exact) mass is 419 g/mol. The molecular formula is C23H21N3O5. The molecule has 1 aromatic carbocycles. The lowest BCUT2D eigenvalue weighted by atomic mass is 10.1. The number of allylic oxidation sites excluding steroid dienone is 1. The number of carbonyl (C=O) groups is 3. The van der Waals surface area contributed by atoms with Crippen LogP contribution in [-0.2, 0) is 22.6 Å². The quantitative estimate of drug-likeness (QED) is 0.285. The van der Waals surface area contributed by atoms with Crippen molar-refractivity contribution >= 4 is 34.9 Å². The first-order chi connectivity index (χ1) is 14.9. The molecule has 0 spiro atoms. The molecule has 31 heavy (non-hydrogen) atoms. The number of nitrogens with one attached hydrogen (secondary N) is 1. The Morgan fingerprint density at radius 2 is 2.00 bits per heavy atom. The predicted octanol–water partition coefficient (Wildman–Crippen LogP) is 3.61. The van der Waals surface area contributed by atoms with E-state index in [2.05, 4.69) is 21.2 Å². The number of fused-ring (bicyclic) bond motifs is 1. The van der Waals surface area contributed by atoms with E-state index in [-0.39, 0.29) is 18.0 Å². The third-order valence-electron chi connectivity index (χ3n) is 5.20. The van der Waals surface area contributed by atoms with Gasteiger partial charge in [-0.1, -0.05) is 24.3 Å². The van der Waals surface area contributed by atoms with Crippen molar-refractivity contribution in [3.63, 3.8) is 0 Å². The van der Waals surface area contributed by atoms with Crippen LogP contribution in [0.4, 0.5) is 4.79 Å². The maximum atomic E-state index is 12.9. The fourth-order valence-corrected chi connectivity index (χ4v) is 3.69. The van der Waals surface area contributed by atoms with Gasteiger partial charge in [0.2, 0.25) is 5.76 Å². The molecule has 0 bridgehead atoms. The number of benzene rings is 1. The van der Waals surface area contributed by atoms with Crippen molar-refractivity contribution in [2.75, 3.05) is 7.11 Å². The molecule has 1 fully saturated rings. The molecule has 0 atom stereocenters. The number of hydrogen-bond donors (Lipinski definition) is 1. The number of amides is 3. The number of methoxy groups -OCH3 is 1. The van der Waals surface area contributed by atoms with E-state index in [1.165, 1.54) is 19.2 Å². The van der Waals surface area contributed by atoms with E-state index in [1.807, 2.05) is 37.3 Å². The number of aromatic nitrogens is 1. The molecule has 1 saturated heterocycles. The van der Waals surface area contributed by atoms with Crippen LogP contribution in [0.1, 0.15) is 27.6 Å². The normalized spacial score (nSPS) is 15.0. The van der Waals surface area contributed by atoms with Crippen molar-refractivity contribution in [3.05, 3.63) is 77.5 Å². The Morgan fingerprint density at radius 1 is 1.23 bits per heavy atom. The maximum absolute atomic E-state index is 12.9. The van der Waals surface area contributed by atoms with Gasteiger partial charge >= 0.3 is 12.0 Å². The van der Waals surface area contributed by atoms with Gasteiger partial charge in [0, 0.05) is 28.7 Å². The zero-order chi connectivity index (χ0) is 22.1. The second-order valence-electron chi connectivity index (χ2n) is 7.05. The fourth-order valence-electron chi connectivity index (χ4n) is 3.69. The number of carbonyl (C=O) groups excluding carboxylic acids is 3. The second-order valence-corrected chi connectivity index (χ2v) is 7.05. The van der Waals surface area contributed by atoms with Gasteiger partial charge in [0.05, 0.1) is 13.7 Å². The molecule has 0 radical (unpaired) electrons. The number of urea groups is 1. The molecule has 1 aliphatic heterocycles. The topological polar surface area (TPSA) is 93.8 Å². The molecule has 0 unspecified atom stereocenters. The van der Waals surface area contributed by atoms with Gasteiger partial charge < -0.3 is 19.0 Å². The SMILES string of the molecule is C=CCn1c(C)c(/C=C2\NC(=O)N(Cc3ccc(C(=O)OC)o3)C2=O)c2ccccc21. The Hall–Kier alpha value is -4.07. The molecular weight excluding hydrogens is 398 g/mol. The third-order valence-corrected chi connectivity index (χ3v) is 5.20. The van der Waals surface area contributed by atoms with E-state index in [0.717, 1.165) is 27.1 Å². The van der Waals surface area contributed by atoms with Gasteiger partial charge in [-0.25, -0.2) is 9.59 Å². The second kappa shape index (κ2) is 7.98. The molecule has 2 aromatic heterocycles. The number of nitrogens with zero attached hydrogens (tertiary/aromatic N) is 2. The zero-order valence-corrected chi connectivity index (χ0v) is 17.2. The summed E-state index contributed by atoms with van der Waals surface area (Å²) in [7, 11) is 1.24. The van der Waals surface area contributed by atoms with Gasteiger partial charge in [0.25, 0.3) is 5.91 Å². The van der Waals surface area contributed by atoms with Crippen LogP contribution in [-0.4, -0.2) is 34.5 Å². The Morgan fingerprint density at radius 3 is 2.74 bits per heavy atom. The molecule has 0 aliphatic carbocycles. The molecule has 3 heterocycles. The predicted molar refractivity (Wildman–Crippen MR) is 114 cm³/mol. The van der Waals surface area contributed by atoms with E-state index in [0.29, 0.717) is 12.3 Å². The molecule has 1 N–H and O–H groups in total. The third kappa shape index (κ3) is 3.52. The molecule has 4 rings (SSSR count). The van der Waals surface area contributed by atoms with Gasteiger partial charge in [-0.05, 0) is 31.2 Å². The van der Waals surface area contributed by atoms with Crippen LogP contribution in [0.15, 0.2) is 59.2 Å². The highest BCUT2D eigenvalue weighted by Gasteiger charge is 2.34. The lowest BCUT2D eigenvalue weighted by Crippen LogP contribution is -2.30. The van der Waals surface area contributed by atoms with Gasteiger partial charge in [-0.2, -0.15) is 0 Å². The van der Waals surface area contributed by atoms with Crippen LogP contribution in [0.5, 0.6) is 0 Å². The highest BCUT2D eigenvalue weighted by atomic mass is 16.5. The van der Waals surface area contributed by atoms with E-state index in [9.17, 15) is 14.4 Å². The van der Waals surface area contributed by atoms with Crippen molar-refractivity contribution < 1.29 is 23.5 Å². The number of rotatable bonds is 6. The van der Waals surface area contributed by atoms with Crippen molar-refractivity contribution in [1.29, 1.82) is 0 Å². The van der Waals surface area contributed by atoms with Crippen molar-refractivity contribution in [2.45, 2.75) is 20.0 Å². The Balaban J connectivity index is 1.65. The summed E-state index contributed by atoms with van der Waals surface area (Å²) >= 11 is 0. The first kappa shape index (κ1) is 20.2. The molecule has 8 nitrogen and oxygen atoms in total. The number of ether oxygens (including phenoxy) is 1. The molecule has 8 heteroatoms. The Labute approximate surface area is 178 Å². The van der Waals surface area contributed by atoms with Crippen molar-refractivity contribution in [2.24, 2.45) is 0 Å². The van der Waals surface area contributed by atoms with Gasteiger partial charge in [-0.15, -0.1) is 6.58 Å². The minimum atomic E-state index is -0.629. The van der Waals surface area contributed by atoms with Crippen LogP contribution in [0.3, 0.4) is 0 Å². The zero-order valence-electron chi connectivity index (χ0n) is 17.2. The lowest BCUT2D eigenvalue weighted by Gasteiger charge is -2.09. The smallest absolute Gasteiger partial charge is 0.373 e. The van der Waals surface area contributed by atoms with Crippen molar-refractivity contribution in [1.82, 2.24) is 14.8 Å². The van der Waals surface area contributed by atoms with Crippen LogP contribution < -0.4 is 5.32 Å². The minimum absolute atomic E-state index is 0.00553. The summed E-state index contributed by atoms with van der Waals surface area (Å²) in [5, 5.41) is 3.61. The van der Waals surface area contributed by atoms with Gasteiger partial charge in [0.15, 0.2) is 0 Å². The maximum Gasteiger partial charge on any atom is 0.373 e. The first-order valence-corrected chi connectivity index (χ1v) is 9.65. The summed E-state index contributed by atoms with van der Waals surface area (Å²) in [4.78, 5) is 37.9. The standard InChI is InChI=1S/C23H21N3O5/c1-4-11-25-14(2)17(16-7-5-6-8-19(16)25)12-18-21(27)26(23(29)24-18)13-15-9-10-20(31-15)22(28)30-3/h4-10,12H,1,11,13H2,2-3H3,(H,24,29)/b18-12-. The minimum Gasteiger partial charge on any atom is -0.463 e. The largest absolute Gasteiger partial charge is 0.463 e. The van der Waals surface area contributed by atoms with Gasteiger partial charge in [-0.3, -0.25) is 9.69 Å². The molecule has 0 saturated carbocycles. The summed E-state index contributed by atoms with van der Waals surface area (Å²) in [5.74, 6) is -0.800. The van der Waals surface area contributed by atoms with Crippen LogP contribution in [0.25, 0.3) is 17.0 Å². The summed E-state index contributed by atoms with van der Waals surface area (Å²) in [6.07, 6.45) is 3.51. The van der Waals surface area contributed by atoms with E-state index >= 15 is 0 Å². The number of para-hydroxylation sites is 1. The average Bonchev–Trinajstić information content (AvgIpc) is 3.42. The Bertz CT molecular complexity index is 1250.